The van der Waals surface area contributed by atoms with E-state index in [1.54, 1.807) is 0 Å². The smallest absolute Gasteiger partial charge is 0.0771 e. The van der Waals surface area contributed by atoms with E-state index in [-0.39, 0.29) is 0 Å². The summed E-state index contributed by atoms with van der Waals surface area (Å²) in [4.78, 5) is 0. The zero-order chi connectivity index (χ0) is 9.03. The van der Waals surface area contributed by atoms with Crippen molar-refractivity contribution in [1.29, 1.82) is 0 Å². The van der Waals surface area contributed by atoms with Crippen molar-refractivity contribution in [3.8, 4) is 12.3 Å². The van der Waals surface area contributed by atoms with Gasteiger partial charge in [-0.05, 0) is 25.0 Å². The number of hydrogen-bond acceptors (Lipinski definition) is 2. The highest BCUT2D eigenvalue weighted by molar-refractivity contribution is 8.00. The average Bonchev–Trinajstić information content (AvgIpc) is 2.34. The lowest BCUT2D eigenvalue weighted by Crippen LogP contribution is -2.34. The third-order valence-electron chi connectivity index (χ3n) is 2.59. The number of thioether (sulfide) groups is 1. The molecule has 12 heavy (non-hydrogen) atoms. The molecule has 0 aliphatic carbocycles. The molecule has 1 fully saturated rings. The van der Waals surface area contributed by atoms with Gasteiger partial charge in [0.05, 0.1) is 5.60 Å². The van der Waals surface area contributed by atoms with Crippen LogP contribution in [-0.4, -0.2) is 21.7 Å². The lowest BCUT2D eigenvalue weighted by Gasteiger charge is -2.26. The molecule has 1 saturated heterocycles. The van der Waals surface area contributed by atoms with E-state index in [1.807, 2.05) is 11.8 Å². The summed E-state index contributed by atoms with van der Waals surface area (Å²) in [6, 6.07) is 0. The standard InChI is InChI=1S/C10H16OS/c1-3-4-5-6-10(11)7-8-12-9(10)2/h1,9,11H,4-8H2,2H3. The Balaban J connectivity index is 2.33. The van der Waals surface area contributed by atoms with Crippen molar-refractivity contribution < 1.29 is 5.11 Å². The predicted molar refractivity (Wildman–Crippen MR) is 54.2 cm³/mol. The molecule has 1 N–H and O–H groups in total. The third kappa shape index (κ3) is 2.18. The van der Waals surface area contributed by atoms with Crippen molar-refractivity contribution in [2.45, 2.75) is 43.5 Å². The molecule has 0 amide bonds. The summed E-state index contributed by atoms with van der Waals surface area (Å²) in [7, 11) is 0. The highest BCUT2D eigenvalue weighted by Crippen LogP contribution is 2.38. The molecule has 0 saturated carbocycles. The van der Waals surface area contributed by atoms with Crippen LogP contribution in [0.15, 0.2) is 0 Å². The minimum absolute atomic E-state index is 0.385. The lowest BCUT2D eigenvalue weighted by molar-refractivity contribution is 0.0356. The fourth-order valence-corrected chi connectivity index (χ4v) is 2.97. The maximum atomic E-state index is 10.1. The van der Waals surface area contributed by atoms with Crippen LogP contribution in [-0.2, 0) is 0 Å². The number of aliphatic hydroxyl groups is 1. The Morgan fingerprint density at radius 3 is 3.00 bits per heavy atom. The second-order valence-electron chi connectivity index (χ2n) is 3.42. The van der Waals surface area contributed by atoms with Gasteiger partial charge in [0.25, 0.3) is 0 Å². The molecule has 0 aromatic carbocycles. The Labute approximate surface area is 78.9 Å². The Hall–Kier alpha value is -0.130. The second kappa shape index (κ2) is 4.20. The van der Waals surface area contributed by atoms with E-state index in [2.05, 4.69) is 12.8 Å². The van der Waals surface area contributed by atoms with Crippen LogP contribution >= 0.6 is 11.8 Å². The van der Waals surface area contributed by atoms with Crippen LogP contribution < -0.4 is 0 Å². The summed E-state index contributed by atoms with van der Waals surface area (Å²) in [5.41, 5.74) is -0.429. The molecule has 1 nitrogen and oxygen atoms in total. The molecule has 1 heterocycles. The zero-order valence-corrected chi connectivity index (χ0v) is 8.36. The predicted octanol–water partition coefficient (Wildman–Crippen LogP) is 2.05. The van der Waals surface area contributed by atoms with Crippen LogP contribution in [0.3, 0.4) is 0 Å². The van der Waals surface area contributed by atoms with Gasteiger partial charge in [-0.2, -0.15) is 11.8 Å². The second-order valence-corrected chi connectivity index (χ2v) is 4.87. The molecule has 2 unspecified atom stereocenters. The summed E-state index contributed by atoms with van der Waals surface area (Å²) in [6.07, 6.45) is 8.70. The first kappa shape index (κ1) is 9.95. The van der Waals surface area contributed by atoms with Crippen LogP contribution in [0.4, 0.5) is 0 Å². The maximum Gasteiger partial charge on any atom is 0.0771 e. The molecule has 0 bridgehead atoms. The third-order valence-corrected chi connectivity index (χ3v) is 3.97. The van der Waals surface area contributed by atoms with Crippen LogP contribution in [0.1, 0.15) is 32.6 Å². The number of unbranched alkanes of at least 4 members (excludes halogenated alkanes) is 1. The number of terminal acetylenes is 1. The highest BCUT2D eigenvalue weighted by atomic mass is 32.2. The Morgan fingerprint density at radius 1 is 1.75 bits per heavy atom. The summed E-state index contributed by atoms with van der Waals surface area (Å²) < 4.78 is 0. The number of hydrogen-bond donors (Lipinski definition) is 1. The first-order valence-corrected chi connectivity index (χ1v) is 5.51. The van der Waals surface area contributed by atoms with Crippen molar-refractivity contribution >= 4 is 11.8 Å². The Kier molecular flexibility index (Phi) is 3.49. The molecule has 0 radical (unpaired) electrons. The van der Waals surface area contributed by atoms with Gasteiger partial charge >= 0.3 is 0 Å². The zero-order valence-electron chi connectivity index (χ0n) is 7.55. The monoisotopic (exact) mass is 184 g/mol. The van der Waals surface area contributed by atoms with Crippen LogP contribution in [0.25, 0.3) is 0 Å². The molecule has 0 spiro atoms. The van der Waals surface area contributed by atoms with Gasteiger partial charge in [0.1, 0.15) is 0 Å². The molecule has 0 aromatic rings. The normalized spacial score (nSPS) is 34.9. The molecule has 0 aromatic heterocycles. The van der Waals surface area contributed by atoms with E-state index in [0.717, 1.165) is 31.4 Å². The van der Waals surface area contributed by atoms with Crippen LogP contribution in [0, 0.1) is 12.3 Å². The summed E-state index contributed by atoms with van der Waals surface area (Å²) in [6.45, 7) is 2.10. The quantitative estimate of drug-likeness (QED) is 0.535. The fourth-order valence-electron chi connectivity index (χ4n) is 1.60. The van der Waals surface area contributed by atoms with Gasteiger partial charge in [-0.3, -0.25) is 0 Å². The van der Waals surface area contributed by atoms with E-state index in [1.165, 1.54) is 0 Å². The van der Waals surface area contributed by atoms with Crippen molar-refractivity contribution in [1.82, 2.24) is 0 Å². The van der Waals surface area contributed by atoms with E-state index < -0.39 is 5.60 Å². The van der Waals surface area contributed by atoms with Gasteiger partial charge in [0.15, 0.2) is 0 Å². The average molecular weight is 184 g/mol. The molecule has 2 atom stereocenters. The highest BCUT2D eigenvalue weighted by Gasteiger charge is 2.37. The van der Waals surface area contributed by atoms with Gasteiger partial charge in [-0.25, -0.2) is 0 Å². The minimum atomic E-state index is -0.429. The van der Waals surface area contributed by atoms with Crippen molar-refractivity contribution in [3.05, 3.63) is 0 Å². The number of rotatable bonds is 3. The molecule has 2 heteroatoms. The van der Waals surface area contributed by atoms with Crippen LogP contribution in [0.2, 0.25) is 0 Å². The first-order chi connectivity index (χ1) is 5.69. The lowest BCUT2D eigenvalue weighted by atomic mass is 9.91. The maximum absolute atomic E-state index is 10.1. The van der Waals surface area contributed by atoms with E-state index in [0.29, 0.717) is 5.25 Å². The Morgan fingerprint density at radius 2 is 2.50 bits per heavy atom. The molecule has 68 valence electrons. The molecule has 1 aliphatic heterocycles. The SMILES string of the molecule is C#CCCCC1(O)CCSC1C. The Bertz CT molecular complexity index is 185. The van der Waals surface area contributed by atoms with E-state index in [4.69, 9.17) is 6.42 Å². The van der Waals surface area contributed by atoms with E-state index >= 15 is 0 Å². The summed E-state index contributed by atoms with van der Waals surface area (Å²) >= 11 is 1.86. The van der Waals surface area contributed by atoms with Crippen LogP contribution in [0.5, 0.6) is 0 Å². The topological polar surface area (TPSA) is 20.2 Å². The van der Waals surface area contributed by atoms with E-state index in [9.17, 15) is 5.11 Å². The van der Waals surface area contributed by atoms with Crippen molar-refractivity contribution in [2.24, 2.45) is 0 Å². The summed E-state index contributed by atoms with van der Waals surface area (Å²) in [5.74, 6) is 3.70. The summed E-state index contributed by atoms with van der Waals surface area (Å²) in [5, 5.41) is 10.5. The van der Waals surface area contributed by atoms with Gasteiger partial charge < -0.3 is 5.11 Å². The van der Waals surface area contributed by atoms with Gasteiger partial charge in [-0.1, -0.05) is 6.92 Å². The molecule has 1 rings (SSSR count). The fraction of sp³-hybridized carbons (Fsp3) is 0.800. The largest absolute Gasteiger partial charge is 0.389 e. The molecule has 1 aliphatic rings. The van der Waals surface area contributed by atoms with Crippen molar-refractivity contribution in [2.75, 3.05) is 5.75 Å². The van der Waals surface area contributed by atoms with Gasteiger partial charge in [0, 0.05) is 11.7 Å². The molecular formula is C10H16OS. The first-order valence-electron chi connectivity index (χ1n) is 4.46. The van der Waals surface area contributed by atoms with Crippen molar-refractivity contribution in [3.63, 3.8) is 0 Å². The van der Waals surface area contributed by atoms with Gasteiger partial charge in [-0.15, -0.1) is 12.3 Å². The van der Waals surface area contributed by atoms with Gasteiger partial charge in [0.2, 0.25) is 0 Å². The molecular weight excluding hydrogens is 168 g/mol. The minimum Gasteiger partial charge on any atom is -0.389 e.